The molecule has 0 unspecified atom stereocenters. The maximum atomic E-state index is 4.92. The fraction of sp³-hybridized carbons (Fsp3) is 0.583. The molecule has 2 N–H and O–H groups in total. The lowest BCUT2D eigenvalue weighted by Gasteiger charge is -2.30. The highest BCUT2D eigenvalue weighted by Gasteiger charge is 2.15. The van der Waals surface area contributed by atoms with Crippen LogP contribution in [0.15, 0.2) is 18.2 Å². The van der Waals surface area contributed by atoms with Crippen LogP contribution in [0.25, 0.3) is 11.4 Å². The number of nitrogens with one attached hydrogen (secondary N) is 2. The molecule has 0 spiro atoms. The van der Waals surface area contributed by atoms with Gasteiger partial charge in [-0.1, -0.05) is 0 Å². The van der Waals surface area contributed by atoms with Crippen LogP contribution in [0.1, 0.15) is 36.1 Å². The predicted octanol–water partition coefficient (Wildman–Crippen LogP) is 3.38. The summed E-state index contributed by atoms with van der Waals surface area (Å²) in [4.78, 5) is 14.7. The van der Waals surface area contributed by atoms with Crippen LogP contribution < -0.4 is 15.5 Å². The summed E-state index contributed by atoms with van der Waals surface area (Å²) in [7, 11) is 0. The normalized spacial score (nSPS) is 17.5. The predicted molar refractivity (Wildman–Crippen MR) is 126 cm³/mol. The van der Waals surface area contributed by atoms with E-state index in [1.165, 1.54) is 43.7 Å². The Bertz CT molecular complexity index is 853. The molecular formula is C24H36N6. The number of anilines is 2. The standard InChI is InChI=1S/C24H36N6/c1-18-17-21(30-15-10-25-11-16-30)7-8-22(18)24-27-20(3)19(2)23(28-24)26-9-6-14-29-12-4-5-13-29/h7-8,17,25H,4-6,9-16H2,1-3H3,(H,26,27,28). The Morgan fingerprint density at radius 1 is 1.00 bits per heavy atom. The summed E-state index contributed by atoms with van der Waals surface area (Å²) in [6.07, 6.45) is 3.86. The van der Waals surface area contributed by atoms with Gasteiger partial charge in [-0.05, 0) is 83.4 Å². The second-order valence-corrected chi connectivity index (χ2v) is 8.67. The fourth-order valence-electron chi connectivity index (χ4n) is 4.46. The zero-order valence-electron chi connectivity index (χ0n) is 18.8. The van der Waals surface area contributed by atoms with Crippen LogP contribution in [0.2, 0.25) is 0 Å². The molecule has 30 heavy (non-hydrogen) atoms. The van der Waals surface area contributed by atoms with Crippen molar-refractivity contribution in [1.29, 1.82) is 0 Å². The van der Waals surface area contributed by atoms with Gasteiger partial charge in [0.15, 0.2) is 5.82 Å². The van der Waals surface area contributed by atoms with Crippen LogP contribution in [-0.2, 0) is 0 Å². The quantitative estimate of drug-likeness (QED) is 0.685. The van der Waals surface area contributed by atoms with Crippen molar-refractivity contribution in [2.45, 2.75) is 40.0 Å². The highest BCUT2D eigenvalue weighted by atomic mass is 15.2. The molecule has 3 heterocycles. The molecule has 0 atom stereocenters. The number of hydrogen-bond donors (Lipinski definition) is 2. The summed E-state index contributed by atoms with van der Waals surface area (Å²) in [5, 5.41) is 7.00. The van der Waals surface area contributed by atoms with Gasteiger partial charge in [0, 0.05) is 55.2 Å². The molecule has 1 aromatic carbocycles. The van der Waals surface area contributed by atoms with Gasteiger partial charge in [-0.25, -0.2) is 9.97 Å². The van der Waals surface area contributed by atoms with E-state index in [4.69, 9.17) is 9.97 Å². The van der Waals surface area contributed by atoms with Crippen LogP contribution in [0, 0.1) is 20.8 Å². The summed E-state index contributed by atoms with van der Waals surface area (Å²) >= 11 is 0. The minimum Gasteiger partial charge on any atom is -0.370 e. The molecule has 0 saturated carbocycles. The van der Waals surface area contributed by atoms with Gasteiger partial charge < -0.3 is 20.4 Å². The van der Waals surface area contributed by atoms with Crippen LogP contribution in [-0.4, -0.2) is 67.2 Å². The summed E-state index contributed by atoms with van der Waals surface area (Å²) < 4.78 is 0. The molecule has 1 aromatic heterocycles. The molecule has 2 aliphatic rings. The van der Waals surface area contributed by atoms with E-state index in [1.807, 2.05) is 0 Å². The Balaban J connectivity index is 1.46. The van der Waals surface area contributed by atoms with E-state index in [0.29, 0.717) is 0 Å². The number of benzene rings is 1. The van der Waals surface area contributed by atoms with Gasteiger partial charge >= 0.3 is 0 Å². The van der Waals surface area contributed by atoms with Crippen molar-refractivity contribution in [3.8, 4) is 11.4 Å². The smallest absolute Gasteiger partial charge is 0.162 e. The van der Waals surface area contributed by atoms with Crippen LogP contribution >= 0.6 is 0 Å². The lowest BCUT2D eigenvalue weighted by atomic mass is 10.1. The highest BCUT2D eigenvalue weighted by Crippen LogP contribution is 2.28. The second-order valence-electron chi connectivity index (χ2n) is 8.67. The van der Waals surface area contributed by atoms with Crippen LogP contribution in [0.4, 0.5) is 11.5 Å². The molecule has 2 saturated heterocycles. The Morgan fingerprint density at radius 3 is 2.50 bits per heavy atom. The molecule has 2 aromatic rings. The largest absolute Gasteiger partial charge is 0.370 e. The van der Waals surface area contributed by atoms with Gasteiger partial charge in [-0.3, -0.25) is 0 Å². The maximum absolute atomic E-state index is 4.92. The van der Waals surface area contributed by atoms with E-state index in [1.54, 1.807) is 0 Å². The van der Waals surface area contributed by atoms with E-state index < -0.39 is 0 Å². The van der Waals surface area contributed by atoms with Gasteiger partial charge in [0.05, 0.1) is 0 Å². The lowest BCUT2D eigenvalue weighted by molar-refractivity contribution is 0.337. The Hall–Kier alpha value is -2.18. The van der Waals surface area contributed by atoms with Gasteiger partial charge in [0.1, 0.15) is 5.82 Å². The average molecular weight is 409 g/mol. The molecular weight excluding hydrogens is 372 g/mol. The second kappa shape index (κ2) is 9.75. The van der Waals surface area contributed by atoms with E-state index in [9.17, 15) is 0 Å². The fourth-order valence-corrected chi connectivity index (χ4v) is 4.46. The number of aryl methyl sites for hydroxylation is 2. The van der Waals surface area contributed by atoms with E-state index >= 15 is 0 Å². The first kappa shape index (κ1) is 21.1. The molecule has 0 radical (unpaired) electrons. The summed E-state index contributed by atoms with van der Waals surface area (Å²) in [5.74, 6) is 1.80. The van der Waals surface area contributed by atoms with Crippen LogP contribution in [0.5, 0.6) is 0 Å². The molecule has 6 nitrogen and oxygen atoms in total. The zero-order chi connectivity index (χ0) is 20.9. The monoisotopic (exact) mass is 408 g/mol. The van der Waals surface area contributed by atoms with E-state index in [2.05, 4.69) is 59.4 Å². The molecule has 4 rings (SSSR count). The molecule has 0 bridgehead atoms. The third-order valence-electron chi connectivity index (χ3n) is 6.46. The Labute approximate surface area is 181 Å². The van der Waals surface area contributed by atoms with Gasteiger partial charge in [0.2, 0.25) is 0 Å². The van der Waals surface area contributed by atoms with Crippen molar-refractivity contribution in [1.82, 2.24) is 20.2 Å². The van der Waals surface area contributed by atoms with Crippen molar-refractivity contribution < 1.29 is 0 Å². The lowest BCUT2D eigenvalue weighted by Crippen LogP contribution is -2.43. The minimum absolute atomic E-state index is 0.824. The molecule has 162 valence electrons. The summed E-state index contributed by atoms with van der Waals surface area (Å²) in [6.45, 7) is 15.2. The molecule has 2 fully saturated rings. The first-order valence-corrected chi connectivity index (χ1v) is 11.5. The number of nitrogens with zero attached hydrogens (tertiary/aromatic N) is 4. The number of piperazine rings is 1. The van der Waals surface area contributed by atoms with Crippen molar-refractivity contribution in [3.63, 3.8) is 0 Å². The maximum Gasteiger partial charge on any atom is 0.162 e. The molecule has 0 aliphatic carbocycles. The van der Waals surface area contributed by atoms with Crippen molar-refractivity contribution in [3.05, 3.63) is 35.0 Å². The van der Waals surface area contributed by atoms with Crippen LogP contribution in [0.3, 0.4) is 0 Å². The van der Waals surface area contributed by atoms with Gasteiger partial charge in [0.25, 0.3) is 0 Å². The molecule has 6 heteroatoms. The van der Waals surface area contributed by atoms with E-state index in [-0.39, 0.29) is 0 Å². The topological polar surface area (TPSA) is 56.3 Å². The molecule has 2 aliphatic heterocycles. The van der Waals surface area contributed by atoms with Gasteiger partial charge in [-0.2, -0.15) is 0 Å². The SMILES string of the molecule is Cc1cc(N2CCNCC2)ccc1-c1nc(C)c(C)c(NCCCN2CCCC2)n1. The number of rotatable bonds is 7. The first-order chi connectivity index (χ1) is 14.6. The third kappa shape index (κ3) is 4.93. The first-order valence-electron chi connectivity index (χ1n) is 11.5. The molecule has 0 amide bonds. The van der Waals surface area contributed by atoms with Crippen molar-refractivity contribution in [2.75, 3.05) is 62.6 Å². The van der Waals surface area contributed by atoms with Gasteiger partial charge in [-0.15, -0.1) is 0 Å². The number of likely N-dealkylation sites (tertiary alicyclic amines) is 1. The summed E-state index contributed by atoms with van der Waals surface area (Å²) in [5.41, 5.74) is 5.84. The average Bonchev–Trinajstić information content (AvgIpc) is 3.28. The third-order valence-corrected chi connectivity index (χ3v) is 6.46. The Kier molecular flexibility index (Phi) is 6.85. The highest BCUT2D eigenvalue weighted by molar-refractivity contribution is 5.67. The minimum atomic E-state index is 0.824. The van der Waals surface area contributed by atoms with Crippen molar-refractivity contribution >= 4 is 11.5 Å². The zero-order valence-corrected chi connectivity index (χ0v) is 18.8. The van der Waals surface area contributed by atoms with E-state index in [0.717, 1.165) is 67.6 Å². The van der Waals surface area contributed by atoms with Crippen molar-refractivity contribution in [2.24, 2.45) is 0 Å². The number of hydrogen-bond acceptors (Lipinski definition) is 6. The summed E-state index contributed by atoms with van der Waals surface area (Å²) in [6, 6.07) is 6.69. The number of aromatic nitrogens is 2. The Morgan fingerprint density at radius 2 is 1.77 bits per heavy atom.